The number of urea groups is 1. The second-order valence-corrected chi connectivity index (χ2v) is 6.86. The summed E-state index contributed by atoms with van der Waals surface area (Å²) in [4.78, 5) is 25.8. The van der Waals surface area contributed by atoms with Crippen molar-refractivity contribution in [1.29, 1.82) is 0 Å². The number of carboxylic acid groups (broad SMARTS) is 1. The minimum Gasteiger partial charge on any atom is -0.481 e. The minimum absolute atomic E-state index is 0.0904. The van der Waals surface area contributed by atoms with Gasteiger partial charge in [-0.05, 0) is 32.6 Å². The quantitative estimate of drug-likeness (QED) is 0.882. The number of nitrogens with zero attached hydrogens (tertiary/aromatic N) is 3. The summed E-state index contributed by atoms with van der Waals surface area (Å²) in [6, 6.07) is -0.178. The number of likely N-dealkylation sites (tertiary alicyclic amines) is 1. The van der Waals surface area contributed by atoms with E-state index < -0.39 is 11.4 Å². The number of carbonyl (C=O) groups excluding carboxylic acids is 1. The highest BCUT2D eigenvalue weighted by Gasteiger charge is 2.55. The molecule has 1 saturated heterocycles. The summed E-state index contributed by atoms with van der Waals surface area (Å²) in [5, 5.41) is 16.9. The molecule has 3 rings (SSSR count). The number of carbonyl (C=O) groups is 2. The Hall–Kier alpha value is -2.05. The molecule has 0 spiro atoms. The number of aromatic nitrogens is 2. The molecule has 2 N–H and O–H groups in total. The smallest absolute Gasteiger partial charge is 0.317 e. The fourth-order valence-electron chi connectivity index (χ4n) is 4.14. The van der Waals surface area contributed by atoms with E-state index in [4.69, 9.17) is 0 Å². The summed E-state index contributed by atoms with van der Waals surface area (Å²) in [5.41, 5.74) is 2.24. The van der Waals surface area contributed by atoms with E-state index in [1.54, 1.807) is 9.58 Å². The number of carboxylic acids is 1. The third-order valence-corrected chi connectivity index (χ3v) is 5.66. The highest BCUT2D eigenvalue weighted by Crippen LogP contribution is 2.48. The summed E-state index contributed by atoms with van der Waals surface area (Å²) in [6.45, 7) is 5.19. The summed E-state index contributed by atoms with van der Waals surface area (Å²) >= 11 is 0. The lowest BCUT2D eigenvalue weighted by molar-refractivity contribution is -0.149. The van der Waals surface area contributed by atoms with Gasteiger partial charge in [0.15, 0.2) is 0 Å². The van der Waals surface area contributed by atoms with Crippen LogP contribution in [0.25, 0.3) is 0 Å². The molecule has 0 unspecified atom stereocenters. The van der Waals surface area contributed by atoms with Crippen LogP contribution in [0.2, 0.25) is 0 Å². The Morgan fingerprint density at radius 1 is 1.43 bits per heavy atom. The van der Waals surface area contributed by atoms with Crippen molar-refractivity contribution >= 4 is 12.0 Å². The number of fused-ring (bicyclic) bond motifs is 1. The summed E-state index contributed by atoms with van der Waals surface area (Å²) < 4.78 is 1.80. The molecule has 7 heteroatoms. The van der Waals surface area contributed by atoms with Gasteiger partial charge in [-0.15, -0.1) is 0 Å². The fraction of sp³-hybridized carbons (Fsp3) is 0.688. The zero-order valence-corrected chi connectivity index (χ0v) is 13.9. The maximum Gasteiger partial charge on any atom is 0.317 e. The average molecular weight is 320 g/mol. The second-order valence-electron chi connectivity index (χ2n) is 6.86. The van der Waals surface area contributed by atoms with Gasteiger partial charge in [-0.3, -0.25) is 9.48 Å². The van der Waals surface area contributed by atoms with Crippen LogP contribution >= 0.6 is 0 Å². The van der Waals surface area contributed by atoms with Crippen LogP contribution in [0.5, 0.6) is 0 Å². The number of nitrogens with one attached hydrogen (secondary N) is 1. The van der Waals surface area contributed by atoms with Crippen LogP contribution in [0.15, 0.2) is 0 Å². The van der Waals surface area contributed by atoms with Gasteiger partial charge in [-0.25, -0.2) is 4.79 Å². The molecule has 1 aliphatic carbocycles. The van der Waals surface area contributed by atoms with Crippen molar-refractivity contribution in [2.24, 2.45) is 18.4 Å². The minimum atomic E-state index is -0.755. The van der Waals surface area contributed by atoms with Crippen molar-refractivity contribution in [2.75, 3.05) is 13.1 Å². The van der Waals surface area contributed by atoms with Gasteiger partial charge < -0.3 is 15.3 Å². The average Bonchev–Trinajstić information content (AvgIpc) is 3.10. The van der Waals surface area contributed by atoms with Crippen molar-refractivity contribution in [2.45, 2.75) is 39.7 Å². The number of aryl methyl sites for hydroxylation is 2. The van der Waals surface area contributed by atoms with E-state index in [1.807, 2.05) is 20.9 Å². The molecule has 2 atom stereocenters. The Morgan fingerprint density at radius 2 is 2.17 bits per heavy atom. The van der Waals surface area contributed by atoms with Crippen molar-refractivity contribution in [3.8, 4) is 0 Å². The Labute approximate surface area is 135 Å². The Morgan fingerprint density at radius 3 is 2.74 bits per heavy atom. The molecule has 1 aromatic rings. The molecule has 1 aliphatic heterocycles. The molecular weight excluding hydrogens is 296 g/mol. The number of amides is 2. The molecule has 2 fully saturated rings. The third kappa shape index (κ3) is 2.48. The van der Waals surface area contributed by atoms with E-state index in [1.165, 1.54) is 0 Å². The first-order chi connectivity index (χ1) is 10.8. The van der Waals surface area contributed by atoms with E-state index in [-0.39, 0.29) is 11.9 Å². The van der Waals surface area contributed by atoms with Crippen molar-refractivity contribution < 1.29 is 14.7 Å². The molecule has 1 saturated carbocycles. The summed E-state index contributed by atoms with van der Waals surface area (Å²) in [5.74, 6) is -0.665. The number of rotatable bonds is 3. The first-order valence-corrected chi connectivity index (χ1v) is 8.10. The van der Waals surface area contributed by atoms with Gasteiger partial charge in [-0.1, -0.05) is 6.42 Å². The molecule has 1 aromatic heterocycles. The van der Waals surface area contributed by atoms with E-state index in [0.717, 1.165) is 29.8 Å². The summed E-state index contributed by atoms with van der Waals surface area (Å²) in [7, 11) is 1.88. The predicted molar refractivity (Wildman–Crippen MR) is 83.9 cm³/mol. The van der Waals surface area contributed by atoms with Crippen molar-refractivity contribution in [1.82, 2.24) is 20.0 Å². The summed E-state index contributed by atoms with van der Waals surface area (Å²) in [6.07, 6.45) is 2.52. The van der Waals surface area contributed by atoms with E-state index in [9.17, 15) is 14.7 Å². The molecule has 2 aliphatic rings. The van der Waals surface area contributed by atoms with Crippen LogP contribution in [0, 0.1) is 25.2 Å². The zero-order chi connectivity index (χ0) is 16.8. The molecule has 2 heterocycles. The van der Waals surface area contributed by atoms with Gasteiger partial charge in [0.25, 0.3) is 0 Å². The predicted octanol–water partition coefficient (Wildman–Crippen LogP) is 1.43. The van der Waals surface area contributed by atoms with Gasteiger partial charge in [0.2, 0.25) is 0 Å². The largest absolute Gasteiger partial charge is 0.481 e. The van der Waals surface area contributed by atoms with Crippen LogP contribution < -0.4 is 5.32 Å². The molecule has 126 valence electrons. The van der Waals surface area contributed by atoms with E-state index >= 15 is 0 Å². The van der Waals surface area contributed by atoms with Gasteiger partial charge in [0.05, 0.1) is 11.1 Å². The van der Waals surface area contributed by atoms with E-state index in [2.05, 4.69) is 10.4 Å². The molecule has 7 nitrogen and oxygen atoms in total. The highest BCUT2D eigenvalue weighted by atomic mass is 16.4. The Bertz CT molecular complexity index is 654. The van der Waals surface area contributed by atoms with Crippen molar-refractivity contribution in [3.05, 3.63) is 17.0 Å². The SMILES string of the molecule is Cc1nn(C)c(C)c1CNC(=O)N1C[C@@H]2CCC[C@@]2(C(=O)O)C1. The second kappa shape index (κ2) is 5.54. The topological polar surface area (TPSA) is 87.5 Å². The van der Waals surface area contributed by atoms with E-state index in [0.29, 0.717) is 26.1 Å². The van der Waals surface area contributed by atoms with Crippen LogP contribution in [0.1, 0.15) is 36.2 Å². The molecule has 0 radical (unpaired) electrons. The van der Waals surface area contributed by atoms with Crippen LogP contribution in [-0.4, -0.2) is 44.9 Å². The third-order valence-electron chi connectivity index (χ3n) is 5.66. The van der Waals surface area contributed by atoms with Gasteiger partial charge in [0, 0.05) is 37.9 Å². The van der Waals surface area contributed by atoms with Crippen molar-refractivity contribution in [3.63, 3.8) is 0 Å². The lowest BCUT2D eigenvalue weighted by atomic mass is 9.81. The maximum absolute atomic E-state index is 12.4. The first kappa shape index (κ1) is 15.8. The molecule has 0 aromatic carbocycles. The fourth-order valence-corrected chi connectivity index (χ4v) is 4.14. The Kier molecular flexibility index (Phi) is 3.82. The molecule has 0 bridgehead atoms. The van der Waals surface area contributed by atoms with Crippen LogP contribution in [0.3, 0.4) is 0 Å². The maximum atomic E-state index is 12.4. The van der Waals surface area contributed by atoms with Crippen LogP contribution in [0.4, 0.5) is 4.79 Å². The lowest BCUT2D eigenvalue weighted by Crippen LogP contribution is -2.41. The number of aliphatic carboxylic acids is 1. The first-order valence-electron chi connectivity index (χ1n) is 8.10. The monoisotopic (exact) mass is 320 g/mol. The Balaban J connectivity index is 1.65. The molecular formula is C16H24N4O3. The molecule has 23 heavy (non-hydrogen) atoms. The molecule has 2 amide bonds. The van der Waals surface area contributed by atoms with Gasteiger partial charge in [-0.2, -0.15) is 5.10 Å². The number of hydrogen-bond acceptors (Lipinski definition) is 3. The normalized spacial score (nSPS) is 26.4. The standard InChI is InChI=1S/C16H24N4O3/c1-10-13(11(2)19(3)18-10)7-17-15(23)20-8-12-5-4-6-16(12,9-20)14(21)22/h12H,4-9H2,1-3H3,(H,17,23)(H,21,22)/t12-,16+/m0/s1. The highest BCUT2D eigenvalue weighted by molar-refractivity contribution is 5.80. The number of hydrogen-bond donors (Lipinski definition) is 2. The van der Waals surface area contributed by atoms with Crippen LogP contribution in [-0.2, 0) is 18.4 Å². The lowest BCUT2D eigenvalue weighted by Gasteiger charge is -2.23. The van der Waals surface area contributed by atoms with Gasteiger partial charge in [0.1, 0.15) is 0 Å². The van der Waals surface area contributed by atoms with Gasteiger partial charge >= 0.3 is 12.0 Å². The zero-order valence-electron chi connectivity index (χ0n) is 13.9.